The van der Waals surface area contributed by atoms with Gasteiger partial charge in [0.25, 0.3) is 0 Å². The molecule has 0 bridgehead atoms. The average molecular weight is 273 g/mol. The molecule has 0 spiro atoms. The molecule has 1 aromatic carbocycles. The second-order valence-corrected chi connectivity index (χ2v) is 5.80. The lowest BCUT2D eigenvalue weighted by Crippen LogP contribution is -2.30. The number of benzene rings is 1. The van der Waals surface area contributed by atoms with Crippen molar-refractivity contribution in [1.29, 1.82) is 0 Å². The van der Waals surface area contributed by atoms with Gasteiger partial charge in [-0.3, -0.25) is 0 Å². The third-order valence-electron chi connectivity index (χ3n) is 2.87. The molecule has 2 atom stereocenters. The molecule has 1 rings (SSSR count). The Morgan fingerprint density at radius 3 is 2.39 bits per heavy atom. The van der Waals surface area contributed by atoms with E-state index in [-0.39, 0.29) is 17.6 Å². The van der Waals surface area contributed by atoms with Crippen LogP contribution in [-0.4, -0.2) is 17.5 Å². The van der Waals surface area contributed by atoms with Gasteiger partial charge in [-0.1, -0.05) is 13.0 Å². The molecule has 0 aliphatic rings. The van der Waals surface area contributed by atoms with Crippen molar-refractivity contribution in [3.63, 3.8) is 0 Å². The molecular formula is C14H21F2NS. The van der Waals surface area contributed by atoms with E-state index in [2.05, 4.69) is 12.2 Å². The summed E-state index contributed by atoms with van der Waals surface area (Å²) in [4.78, 5) is 0. The van der Waals surface area contributed by atoms with Crippen molar-refractivity contribution in [1.82, 2.24) is 5.32 Å². The molecule has 0 radical (unpaired) electrons. The molecule has 0 aliphatic carbocycles. The number of rotatable bonds is 7. The summed E-state index contributed by atoms with van der Waals surface area (Å²) in [6.07, 6.45) is 0.999. The van der Waals surface area contributed by atoms with Crippen LogP contribution < -0.4 is 5.32 Å². The number of hydrogen-bond donors (Lipinski definition) is 1. The maximum Gasteiger partial charge on any atom is 0.130 e. The molecule has 1 aromatic rings. The lowest BCUT2D eigenvalue weighted by molar-refractivity contribution is 0.437. The van der Waals surface area contributed by atoms with Crippen molar-refractivity contribution in [2.75, 3.05) is 11.5 Å². The first-order chi connectivity index (χ1) is 8.56. The summed E-state index contributed by atoms with van der Waals surface area (Å²) >= 11 is 1.88. The predicted molar refractivity (Wildman–Crippen MR) is 75.0 cm³/mol. The van der Waals surface area contributed by atoms with Crippen molar-refractivity contribution >= 4 is 11.8 Å². The van der Waals surface area contributed by atoms with Crippen LogP contribution in [0.15, 0.2) is 18.2 Å². The Balaban J connectivity index is 2.56. The molecular weight excluding hydrogens is 252 g/mol. The van der Waals surface area contributed by atoms with Gasteiger partial charge in [0.15, 0.2) is 0 Å². The van der Waals surface area contributed by atoms with Gasteiger partial charge in [-0.15, -0.1) is 0 Å². The third kappa shape index (κ3) is 4.58. The zero-order chi connectivity index (χ0) is 13.5. The molecule has 0 saturated carbocycles. The van der Waals surface area contributed by atoms with E-state index in [9.17, 15) is 8.78 Å². The predicted octanol–water partition coefficient (Wildman–Crippen LogP) is 4.15. The Labute approximate surface area is 112 Å². The summed E-state index contributed by atoms with van der Waals surface area (Å²) in [5.74, 6) is 1.21. The highest BCUT2D eigenvalue weighted by molar-refractivity contribution is 7.99. The first-order valence-corrected chi connectivity index (χ1v) is 7.49. The quantitative estimate of drug-likeness (QED) is 0.749. The number of halogens is 2. The van der Waals surface area contributed by atoms with Gasteiger partial charge >= 0.3 is 0 Å². The number of thioether (sulfide) groups is 1. The van der Waals surface area contributed by atoms with Crippen LogP contribution in [0.3, 0.4) is 0 Å². The van der Waals surface area contributed by atoms with Crippen molar-refractivity contribution in [3.8, 4) is 0 Å². The highest BCUT2D eigenvalue weighted by Gasteiger charge is 2.17. The molecule has 0 aromatic heterocycles. The highest BCUT2D eigenvalue weighted by atomic mass is 32.2. The van der Waals surface area contributed by atoms with Crippen LogP contribution in [0, 0.1) is 11.6 Å². The van der Waals surface area contributed by atoms with E-state index in [1.165, 1.54) is 18.2 Å². The number of hydrogen-bond acceptors (Lipinski definition) is 2. The summed E-state index contributed by atoms with van der Waals surface area (Å²) in [6.45, 7) is 5.97. The van der Waals surface area contributed by atoms with Gasteiger partial charge in [0.2, 0.25) is 0 Å². The van der Waals surface area contributed by atoms with E-state index in [1.807, 2.05) is 18.7 Å². The maximum absolute atomic E-state index is 13.6. The molecule has 2 unspecified atom stereocenters. The Bertz CT molecular complexity index is 351. The third-order valence-corrected chi connectivity index (χ3v) is 3.80. The Hall–Kier alpha value is -0.610. The molecule has 18 heavy (non-hydrogen) atoms. The fourth-order valence-corrected chi connectivity index (χ4v) is 2.73. The molecule has 0 saturated heterocycles. The van der Waals surface area contributed by atoms with E-state index in [1.54, 1.807) is 6.92 Å². The smallest absolute Gasteiger partial charge is 0.130 e. The van der Waals surface area contributed by atoms with Gasteiger partial charge in [-0.25, -0.2) is 8.78 Å². The highest BCUT2D eigenvalue weighted by Crippen LogP contribution is 2.21. The van der Waals surface area contributed by atoms with E-state index in [4.69, 9.17) is 0 Å². The number of nitrogens with one attached hydrogen (secondary N) is 1. The lowest BCUT2D eigenvalue weighted by Gasteiger charge is -2.21. The van der Waals surface area contributed by atoms with Crippen LogP contribution in [0.4, 0.5) is 8.78 Å². The monoisotopic (exact) mass is 273 g/mol. The normalized spacial score (nSPS) is 14.5. The lowest BCUT2D eigenvalue weighted by atomic mass is 10.1. The summed E-state index contributed by atoms with van der Waals surface area (Å²) in [7, 11) is 0. The summed E-state index contributed by atoms with van der Waals surface area (Å²) in [6, 6.07) is 3.93. The Morgan fingerprint density at radius 2 is 1.83 bits per heavy atom. The van der Waals surface area contributed by atoms with E-state index < -0.39 is 11.6 Å². The van der Waals surface area contributed by atoms with Crippen LogP contribution in [0.25, 0.3) is 0 Å². The molecule has 0 aliphatic heterocycles. The van der Waals surface area contributed by atoms with Crippen LogP contribution in [-0.2, 0) is 0 Å². The summed E-state index contributed by atoms with van der Waals surface area (Å²) in [5, 5.41) is 3.24. The van der Waals surface area contributed by atoms with Crippen molar-refractivity contribution < 1.29 is 8.78 Å². The second-order valence-electron chi connectivity index (χ2n) is 4.41. The average Bonchev–Trinajstić information content (AvgIpc) is 2.29. The van der Waals surface area contributed by atoms with Crippen LogP contribution in [0.5, 0.6) is 0 Å². The fraction of sp³-hybridized carbons (Fsp3) is 0.571. The SMILES string of the molecule is CCSCCC(C)NC(C)c1c(F)cccc1F. The molecule has 0 heterocycles. The zero-order valence-corrected chi connectivity index (χ0v) is 12.0. The molecule has 0 fully saturated rings. The summed E-state index contributed by atoms with van der Waals surface area (Å²) in [5.41, 5.74) is 0.132. The van der Waals surface area contributed by atoms with Gasteiger partial charge in [0, 0.05) is 17.6 Å². The van der Waals surface area contributed by atoms with Gasteiger partial charge < -0.3 is 5.32 Å². The molecule has 4 heteroatoms. The van der Waals surface area contributed by atoms with E-state index in [0.29, 0.717) is 0 Å². The maximum atomic E-state index is 13.6. The van der Waals surface area contributed by atoms with E-state index in [0.717, 1.165) is 17.9 Å². The summed E-state index contributed by atoms with van der Waals surface area (Å²) < 4.78 is 27.1. The van der Waals surface area contributed by atoms with Crippen LogP contribution in [0.2, 0.25) is 0 Å². The van der Waals surface area contributed by atoms with E-state index >= 15 is 0 Å². The topological polar surface area (TPSA) is 12.0 Å². The van der Waals surface area contributed by atoms with Gasteiger partial charge in [-0.2, -0.15) is 11.8 Å². The fourth-order valence-electron chi connectivity index (χ4n) is 1.92. The van der Waals surface area contributed by atoms with Crippen LogP contribution >= 0.6 is 11.8 Å². The molecule has 0 amide bonds. The Kier molecular flexibility index (Phi) is 6.65. The first kappa shape index (κ1) is 15.4. The Morgan fingerprint density at radius 1 is 1.22 bits per heavy atom. The van der Waals surface area contributed by atoms with Gasteiger partial charge in [0.1, 0.15) is 11.6 Å². The molecule has 102 valence electrons. The van der Waals surface area contributed by atoms with Crippen molar-refractivity contribution in [3.05, 3.63) is 35.4 Å². The molecule has 1 N–H and O–H groups in total. The minimum absolute atomic E-state index is 0.132. The standard InChI is InChI=1S/C14H21F2NS/c1-4-18-9-8-10(2)17-11(3)14-12(15)6-5-7-13(14)16/h5-7,10-11,17H,4,8-9H2,1-3H3. The second kappa shape index (κ2) is 7.74. The van der Waals surface area contributed by atoms with Gasteiger partial charge in [-0.05, 0) is 43.9 Å². The largest absolute Gasteiger partial charge is 0.307 e. The van der Waals surface area contributed by atoms with Gasteiger partial charge in [0.05, 0.1) is 0 Å². The van der Waals surface area contributed by atoms with Crippen molar-refractivity contribution in [2.24, 2.45) is 0 Å². The van der Waals surface area contributed by atoms with Crippen molar-refractivity contribution in [2.45, 2.75) is 39.3 Å². The first-order valence-electron chi connectivity index (χ1n) is 6.34. The van der Waals surface area contributed by atoms with Crippen LogP contribution in [0.1, 0.15) is 38.8 Å². The minimum Gasteiger partial charge on any atom is -0.307 e. The minimum atomic E-state index is -0.481. The molecule has 1 nitrogen and oxygen atoms in total. The zero-order valence-electron chi connectivity index (χ0n) is 11.2.